The van der Waals surface area contributed by atoms with Gasteiger partial charge in [0.05, 0.1) is 11.5 Å². The highest BCUT2D eigenvalue weighted by Crippen LogP contribution is 2.28. The average molecular weight is 252 g/mol. The Morgan fingerprint density at radius 2 is 2.17 bits per heavy atom. The molecule has 0 radical (unpaired) electrons. The fraction of sp³-hybridized carbons (Fsp3) is 0.538. The summed E-state index contributed by atoms with van der Waals surface area (Å²) < 4.78 is 5.53. The summed E-state index contributed by atoms with van der Waals surface area (Å²) in [6.45, 7) is 5.35. The van der Waals surface area contributed by atoms with Crippen molar-refractivity contribution in [1.82, 2.24) is 5.32 Å². The lowest BCUT2D eigenvalue weighted by Crippen LogP contribution is -2.07. The van der Waals surface area contributed by atoms with Crippen molar-refractivity contribution in [3.05, 3.63) is 33.9 Å². The number of nitro benzene ring substituents is 1. The summed E-state index contributed by atoms with van der Waals surface area (Å²) in [5, 5.41) is 13.9. The van der Waals surface area contributed by atoms with Crippen LogP contribution in [0, 0.1) is 16.0 Å². The SMILES string of the molecule is CNCc1ccc([N+](=O)[O-])c(OCCC(C)C)c1. The first-order valence-electron chi connectivity index (χ1n) is 6.09. The second-order valence-corrected chi connectivity index (χ2v) is 4.62. The van der Waals surface area contributed by atoms with Gasteiger partial charge in [0.15, 0.2) is 5.75 Å². The first-order valence-corrected chi connectivity index (χ1v) is 6.09. The molecule has 0 aliphatic carbocycles. The van der Waals surface area contributed by atoms with Gasteiger partial charge in [0.25, 0.3) is 0 Å². The summed E-state index contributed by atoms with van der Waals surface area (Å²) in [5.74, 6) is 0.873. The Hall–Kier alpha value is -1.62. The van der Waals surface area contributed by atoms with Crippen LogP contribution >= 0.6 is 0 Å². The lowest BCUT2D eigenvalue weighted by atomic mass is 10.1. The molecule has 0 heterocycles. The predicted molar refractivity (Wildman–Crippen MR) is 70.8 cm³/mol. The molecule has 1 aromatic carbocycles. The van der Waals surface area contributed by atoms with Gasteiger partial charge in [0.2, 0.25) is 0 Å². The van der Waals surface area contributed by atoms with Crippen molar-refractivity contribution in [1.29, 1.82) is 0 Å². The van der Waals surface area contributed by atoms with Gasteiger partial charge in [-0.15, -0.1) is 0 Å². The van der Waals surface area contributed by atoms with Crippen LogP contribution in [0.5, 0.6) is 5.75 Å². The van der Waals surface area contributed by atoms with Gasteiger partial charge in [-0.25, -0.2) is 0 Å². The highest BCUT2D eigenvalue weighted by atomic mass is 16.6. The van der Waals surface area contributed by atoms with Gasteiger partial charge in [0.1, 0.15) is 0 Å². The van der Waals surface area contributed by atoms with Crippen LogP contribution in [-0.2, 0) is 6.54 Å². The number of hydrogen-bond donors (Lipinski definition) is 1. The molecule has 0 aliphatic rings. The molecule has 1 N–H and O–H groups in total. The van der Waals surface area contributed by atoms with Gasteiger partial charge >= 0.3 is 5.69 Å². The van der Waals surface area contributed by atoms with Crippen LogP contribution in [0.1, 0.15) is 25.8 Å². The number of rotatable bonds is 7. The topological polar surface area (TPSA) is 64.4 Å². The van der Waals surface area contributed by atoms with E-state index in [1.54, 1.807) is 12.1 Å². The maximum Gasteiger partial charge on any atom is 0.310 e. The number of ether oxygens (including phenoxy) is 1. The number of nitrogens with one attached hydrogen (secondary N) is 1. The molecule has 0 unspecified atom stereocenters. The molecule has 0 saturated carbocycles. The van der Waals surface area contributed by atoms with E-state index in [0.29, 0.717) is 24.8 Å². The number of hydrogen-bond acceptors (Lipinski definition) is 4. The van der Waals surface area contributed by atoms with Crippen LogP contribution in [0.2, 0.25) is 0 Å². The highest BCUT2D eigenvalue weighted by Gasteiger charge is 2.15. The molecule has 1 rings (SSSR count). The summed E-state index contributed by atoms with van der Waals surface area (Å²) >= 11 is 0. The summed E-state index contributed by atoms with van der Waals surface area (Å²) in [6, 6.07) is 4.97. The van der Waals surface area contributed by atoms with E-state index in [9.17, 15) is 10.1 Å². The van der Waals surface area contributed by atoms with Crippen molar-refractivity contribution in [2.45, 2.75) is 26.8 Å². The monoisotopic (exact) mass is 252 g/mol. The van der Waals surface area contributed by atoms with Crippen molar-refractivity contribution in [2.24, 2.45) is 5.92 Å². The van der Waals surface area contributed by atoms with E-state index in [0.717, 1.165) is 12.0 Å². The third-order valence-electron chi connectivity index (χ3n) is 2.55. The molecule has 0 bridgehead atoms. The molecule has 1 aromatic rings. The summed E-state index contributed by atoms with van der Waals surface area (Å²) in [4.78, 5) is 10.5. The quantitative estimate of drug-likeness (QED) is 0.598. The van der Waals surface area contributed by atoms with E-state index in [-0.39, 0.29) is 5.69 Å². The Balaban J connectivity index is 2.82. The molecular formula is C13H20N2O3. The number of nitro groups is 1. The molecule has 0 aromatic heterocycles. The van der Waals surface area contributed by atoms with Gasteiger partial charge in [-0.3, -0.25) is 10.1 Å². The van der Waals surface area contributed by atoms with Crippen LogP contribution in [-0.4, -0.2) is 18.6 Å². The molecule has 5 nitrogen and oxygen atoms in total. The van der Waals surface area contributed by atoms with Crippen LogP contribution in [0.15, 0.2) is 18.2 Å². The highest BCUT2D eigenvalue weighted by molar-refractivity contribution is 5.48. The zero-order valence-corrected chi connectivity index (χ0v) is 11.1. The fourth-order valence-electron chi connectivity index (χ4n) is 1.54. The van der Waals surface area contributed by atoms with Crippen molar-refractivity contribution >= 4 is 5.69 Å². The molecule has 0 amide bonds. The van der Waals surface area contributed by atoms with Crippen LogP contribution < -0.4 is 10.1 Å². The normalized spacial score (nSPS) is 10.7. The second-order valence-electron chi connectivity index (χ2n) is 4.62. The molecule has 100 valence electrons. The Morgan fingerprint density at radius 3 is 2.72 bits per heavy atom. The van der Waals surface area contributed by atoms with E-state index in [2.05, 4.69) is 19.2 Å². The third kappa shape index (κ3) is 4.33. The second kappa shape index (κ2) is 6.96. The Kier molecular flexibility index (Phi) is 5.58. The van der Waals surface area contributed by atoms with Crippen LogP contribution in [0.3, 0.4) is 0 Å². The largest absolute Gasteiger partial charge is 0.487 e. The smallest absolute Gasteiger partial charge is 0.310 e. The van der Waals surface area contributed by atoms with Crippen LogP contribution in [0.25, 0.3) is 0 Å². The van der Waals surface area contributed by atoms with Gasteiger partial charge in [-0.1, -0.05) is 19.9 Å². The van der Waals surface area contributed by atoms with E-state index >= 15 is 0 Å². The lowest BCUT2D eigenvalue weighted by Gasteiger charge is -2.10. The Labute approximate surface area is 107 Å². The van der Waals surface area contributed by atoms with E-state index in [4.69, 9.17) is 4.74 Å². The van der Waals surface area contributed by atoms with Gasteiger partial charge < -0.3 is 10.1 Å². The van der Waals surface area contributed by atoms with Gasteiger partial charge in [-0.2, -0.15) is 0 Å². The van der Waals surface area contributed by atoms with E-state index < -0.39 is 4.92 Å². The van der Waals surface area contributed by atoms with E-state index in [1.165, 1.54) is 6.07 Å². The standard InChI is InChI=1S/C13H20N2O3/c1-10(2)6-7-18-13-8-11(9-14-3)4-5-12(13)15(16)17/h4-5,8,10,14H,6-7,9H2,1-3H3. The maximum atomic E-state index is 10.9. The first kappa shape index (κ1) is 14.4. The van der Waals surface area contributed by atoms with Crippen molar-refractivity contribution in [3.8, 4) is 5.75 Å². The molecule has 5 heteroatoms. The third-order valence-corrected chi connectivity index (χ3v) is 2.55. The lowest BCUT2D eigenvalue weighted by molar-refractivity contribution is -0.385. The van der Waals surface area contributed by atoms with Crippen molar-refractivity contribution in [2.75, 3.05) is 13.7 Å². The Morgan fingerprint density at radius 1 is 1.44 bits per heavy atom. The summed E-state index contributed by atoms with van der Waals surface area (Å²) in [7, 11) is 1.83. The zero-order valence-electron chi connectivity index (χ0n) is 11.1. The molecule has 18 heavy (non-hydrogen) atoms. The van der Waals surface area contributed by atoms with Crippen LogP contribution in [0.4, 0.5) is 5.69 Å². The molecule has 0 aliphatic heterocycles. The minimum Gasteiger partial charge on any atom is -0.487 e. The fourth-order valence-corrected chi connectivity index (χ4v) is 1.54. The van der Waals surface area contributed by atoms with Crippen molar-refractivity contribution < 1.29 is 9.66 Å². The zero-order chi connectivity index (χ0) is 13.5. The summed E-state index contributed by atoms with van der Waals surface area (Å²) in [5.41, 5.74) is 1.00. The molecular weight excluding hydrogens is 232 g/mol. The Bertz CT molecular complexity index is 405. The minimum absolute atomic E-state index is 0.0265. The van der Waals surface area contributed by atoms with Gasteiger partial charge in [-0.05, 0) is 31.0 Å². The molecule has 0 spiro atoms. The molecule has 0 fully saturated rings. The maximum absolute atomic E-state index is 10.9. The number of benzene rings is 1. The minimum atomic E-state index is -0.409. The van der Waals surface area contributed by atoms with E-state index in [1.807, 2.05) is 7.05 Å². The molecule has 0 atom stereocenters. The predicted octanol–water partition coefficient (Wildman–Crippen LogP) is 2.74. The first-order chi connectivity index (χ1) is 8.54. The molecule has 0 saturated heterocycles. The summed E-state index contributed by atoms with van der Waals surface area (Å²) in [6.07, 6.45) is 0.882. The van der Waals surface area contributed by atoms with Crippen molar-refractivity contribution in [3.63, 3.8) is 0 Å². The number of nitrogens with zero attached hydrogens (tertiary/aromatic N) is 1. The van der Waals surface area contributed by atoms with Gasteiger partial charge in [0, 0.05) is 12.6 Å². The average Bonchev–Trinajstić information content (AvgIpc) is 2.29.